The number of thiophene rings is 1. The summed E-state index contributed by atoms with van der Waals surface area (Å²) in [5.74, 6) is -1.93. The number of aliphatic hydroxyl groups is 1. The molecule has 1 aliphatic heterocycles. The Balaban J connectivity index is 1.79. The van der Waals surface area contributed by atoms with Crippen LogP contribution in [0.5, 0.6) is 0 Å². The summed E-state index contributed by atoms with van der Waals surface area (Å²) in [5, 5.41) is 12.6. The van der Waals surface area contributed by atoms with Crippen LogP contribution in [0.3, 0.4) is 0 Å². The molecule has 0 spiro atoms. The van der Waals surface area contributed by atoms with Crippen molar-refractivity contribution in [1.29, 1.82) is 0 Å². The standard InChI is InChI=1S/C25H21NO5S/c1-15-5-3-6-17(13-15)22-21(23(28)19-7-4-12-32-19)24(29)25(30)26(22)18-10-8-16(9-11-18)14-20(27)31-2/h3-13,22,29H,14H2,1-2H3. The Labute approximate surface area is 189 Å². The molecule has 7 heteroatoms. The van der Waals surface area contributed by atoms with E-state index in [-0.39, 0.29) is 23.7 Å². The van der Waals surface area contributed by atoms with E-state index in [1.165, 1.54) is 23.3 Å². The number of esters is 1. The zero-order chi connectivity index (χ0) is 22.8. The molecule has 4 rings (SSSR count). The van der Waals surface area contributed by atoms with Crippen LogP contribution in [0.25, 0.3) is 0 Å². The van der Waals surface area contributed by atoms with E-state index in [2.05, 4.69) is 0 Å². The molecule has 0 fully saturated rings. The zero-order valence-corrected chi connectivity index (χ0v) is 18.4. The third kappa shape index (κ3) is 3.94. The quantitative estimate of drug-likeness (QED) is 0.443. The van der Waals surface area contributed by atoms with Crippen LogP contribution in [0.15, 0.2) is 77.4 Å². The molecule has 2 aromatic carbocycles. The van der Waals surface area contributed by atoms with Gasteiger partial charge in [0.25, 0.3) is 5.91 Å². The second-order valence-corrected chi connectivity index (χ2v) is 8.43. The van der Waals surface area contributed by atoms with E-state index in [4.69, 9.17) is 4.74 Å². The van der Waals surface area contributed by atoms with Crippen LogP contribution in [-0.4, -0.2) is 29.9 Å². The van der Waals surface area contributed by atoms with Gasteiger partial charge in [0.05, 0.1) is 30.0 Å². The molecule has 1 aromatic heterocycles. The van der Waals surface area contributed by atoms with E-state index in [0.29, 0.717) is 10.6 Å². The molecular weight excluding hydrogens is 426 g/mol. The van der Waals surface area contributed by atoms with Gasteiger partial charge in [0.1, 0.15) is 0 Å². The van der Waals surface area contributed by atoms with Crippen molar-refractivity contribution in [3.05, 3.63) is 98.9 Å². The van der Waals surface area contributed by atoms with Gasteiger partial charge in [-0.25, -0.2) is 0 Å². The van der Waals surface area contributed by atoms with Crippen LogP contribution in [0.4, 0.5) is 5.69 Å². The van der Waals surface area contributed by atoms with Gasteiger partial charge in [-0.1, -0.05) is 48.0 Å². The van der Waals surface area contributed by atoms with Gasteiger partial charge < -0.3 is 9.84 Å². The van der Waals surface area contributed by atoms with Crippen molar-refractivity contribution in [3.8, 4) is 0 Å². The molecule has 6 nitrogen and oxygen atoms in total. The molecule has 0 radical (unpaired) electrons. The predicted octanol–water partition coefficient (Wildman–Crippen LogP) is 4.55. The highest BCUT2D eigenvalue weighted by atomic mass is 32.1. The number of hydrogen-bond acceptors (Lipinski definition) is 6. The van der Waals surface area contributed by atoms with Gasteiger partial charge in [0, 0.05) is 5.69 Å². The lowest BCUT2D eigenvalue weighted by molar-refractivity contribution is -0.139. The van der Waals surface area contributed by atoms with Gasteiger partial charge >= 0.3 is 5.97 Å². The summed E-state index contributed by atoms with van der Waals surface area (Å²) >= 11 is 1.26. The van der Waals surface area contributed by atoms with Crippen molar-refractivity contribution in [3.63, 3.8) is 0 Å². The number of hydrogen-bond donors (Lipinski definition) is 1. The highest BCUT2D eigenvalue weighted by Crippen LogP contribution is 2.42. The second-order valence-electron chi connectivity index (χ2n) is 7.48. The monoisotopic (exact) mass is 447 g/mol. The van der Waals surface area contributed by atoms with Gasteiger partial charge in [0.2, 0.25) is 5.78 Å². The molecule has 1 N–H and O–H groups in total. The lowest BCUT2D eigenvalue weighted by Crippen LogP contribution is -2.31. The molecule has 0 aliphatic carbocycles. The normalized spacial score (nSPS) is 15.9. The molecular formula is C25H21NO5S. The number of Topliss-reactive ketones (excluding diaryl/α,β-unsaturated/α-hetero) is 1. The van der Waals surface area contributed by atoms with Crippen molar-refractivity contribution in [2.75, 3.05) is 12.0 Å². The summed E-state index contributed by atoms with van der Waals surface area (Å²) in [4.78, 5) is 39.9. The summed E-state index contributed by atoms with van der Waals surface area (Å²) in [6, 6.07) is 17.0. The Morgan fingerprint density at radius 2 is 1.84 bits per heavy atom. The molecule has 0 bridgehead atoms. The summed E-state index contributed by atoms with van der Waals surface area (Å²) < 4.78 is 4.70. The first kappa shape index (κ1) is 21.5. The topological polar surface area (TPSA) is 83.9 Å². The minimum atomic E-state index is -0.775. The maximum absolute atomic E-state index is 13.3. The highest BCUT2D eigenvalue weighted by Gasteiger charge is 2.44. The number of ether oxygens (including phenoxy) is 1. The number of aryl methyl sites for hydroxylation is 1. The number of benzene rings is 2. The molecule has 0 saturated heterocycles. The van der Waals surface area contributed by atoms with Crippen LogP contribution >= 0.6 is 11.3 Å². The fourth-order valence-corrected chi connectivity index (χ4v) is 4.49. The van der Waals surface area contributed by atoms with Crippen molar-refractivity contribution < 1.29 is 24.2 Å². The number of nitrogens with zero attached hydrogens (tertiary/aromatic N) is 1. The molecule has 2 heterocycles. The maximum Gasteiger partial charge on any atom is 0.309 e. The molecule has 162 valence electrons. The third-order valence-corrected chi connectivity index (χ3v) is 6.21. The number of methoxy groups -OCH3 is 1. The van der Waals surface area contributed by atoms with E-state index < -0.39 is 17.7 Å². The van der Waals surface area contributed by atoms with Crippen molar-refractivity contribution in [1.82, 2.24) is 0 Å². The van der Waals surface area contributed by atoms with E-state index in [1.54, 1.807) is 41.8 Å². The maximum atomic E-state index is 13.3. The lowest BCUT2D eigenvalue weighted by Gasteiger charge is -2.27. The fourth-order valence-electron chi connectivity index (χ4n) is 3.81. The van der Waals surface area contributed by atoms with Crippen molar-refractivity contribution in [2.24, 2.45) is 0 Å². The van der Waals surface area contributed by atoms with Crippen LogP contribution in [0, 0.1) is 6.92 Å². The molecule has 3 aromatic rings. The molecule has 32 heavy (non-hydrogen) atoms. The first-order valence-corrected chi connectivity index (χ1v) is 10.9. The smallest absolute Gasteiger partial charge is 0.309 e. The SMILES string of the molecule is COC(=O)Cc1ccc(N2C(=O)C(O)=C(C(=O)c3cccs3)C2c2cccc(C)c2)cc1. The molecule has 1 aliphatic rings. The van der Waals surface area contributed by atoms with Crippen LogP contribution < -0.4 is 4.90 Å². The average molecular weight is 448 g/mol. The minimum absolute atomic E-state index is 0.0571. The third-order valence-electron chi connectivity index (χ3n) is 5.35. The van der Waals surface area contributed by atoms with E-state index >= 15 is 0 Å². The number of amides is 1. The summed E-state index contributed by atoms with van der Waals surface area (Å²) in [6.07, 6.45) is 0.109. The number of anilines is 1. The Hall–Kier alpha value is -3.71. The van der Waals surface area contributed by atoms with Gasteiger partial charge in [-0.05, 0) is 41.6 Å². The number of rotatable bonds is 6. The number of aliphatic hydroxyl groups excluding tert-OH is 1. The van der Waals surface area contributed by atoms with Crippen LogP contribution in [-0.2, 0) is 20.7 Å². The number of carbonyl (C=O) groups excluding carboxylic acids is 3. The molecule has 0 saturated carbocycles. The second kappa shape index (κ2) is 8.80. The highest BCUT2D eigenvalue weighted by molar-refractivity contribution is 7.12. The van der Waals surface area contributed by atoms with Gasteiger partial charge in [-0.15, -0.1) is 11.3 Å². The van der Waals surface area contributed by atoms with Crippen LogP contribution in [0.2, 0.25) is 0 Å². The molecule has 1 amide bonds. The van der Waals surface area contributed by atoms with Crippen molar-refractivity contribution >= 4 is 34.7 Å². The Kier molecular flexibility index (Phi) is 5.92. The Morgan fingerprint density at radius 1 is 1.09 bits per heavy atom. The average Bonchev–Trinajstić information content (AvgIpc) is 3.41. The van der Waals surface area contributed by atoms with Gasteiger partial charge in [-0.3, -0.25) is 19.3 Å². The summed E-state index contributed by atoms with van der Waals surface area (Å²) in [6.45, 7) is 1.93. The Morgan fingerprint density at radius 3 is 2.47 bits per heavy atom. The Bertz CT molecular complexity index is 1210. The minimum Gasteiger partial charge on any atom is -0.503 e. The first-order chi connectivity index (χ1) is 15.4. The molecule has 1 atom stereocenters. The van der Waals surface area contributed by atoms with Gasteiger partial charge in [0.15, 0.2) is 5.76 Å². The summed E-state index contributed by atoms with van der Waals surface area (Å²) in [5.41, 5.74) is 2.99. The van der Waals surface area contributed by atoms with E-state index in [9.17, 15) is 19.5 Å². The van der Waals surface area contributed by atoms with E-state index in [0.717, 1.165) is 16.7 Å². The largest absolute Gasteiger partial charge is 0.503 e. The van der Waals surface area contributed by atoms with E-state index in [1.807, 2.05) is 31.2 Å². The lowest BCUT2D eigenvalue weighted by atomic mass is 9.94. The van der Waals surface area contributed by atoms with Gasteiger partial charge in [-0.2, -0.15) is 0 Å². The van der Waals surface area contributed by atoms with Crippen LogP contribution in [0.1, 0.15) is 32.4 Å². The number of ketones is 1. The zero-order valence-electron chi connectivity index (χ0n) is 17.6. The first-order valence-electron chi connectivity index (χ1n) is 9.98. The molecule has 1 unspecified atom stereocenters. The summed E-state index contributed by atoms with van der Waals surface area (Å²) in [7, 11) is 1.33. The predicted molar refractivity (Wildman–Crippen MR) is 122 cm³/mol. The fraction of sp³-hybridized carbons (Fsp3) is 0.160. The number of carbonyl (C=O) groups is 3. The van der Waals surface area contributed by atoms with Crippen molar-refractivity contribution in [2.45, 2.75) is 19.4 Å².